The van der Waals surface area contributed by atoms with Gasteiger partial charge in [-0.05, 0) is 56.3 Å². The fourth-order valence-corrected chi connectivity index (χ4v) is 3.21. The maximum Gasteiger partial charge on any atom is 0.223 e. The molecule has 5 nitrogen and oxygen atoms in total. The summed E-state index contributed by atoms with van der Waals surface area (Å²) in [5.74, 6) is 0.866. The molecule has 0 bridgehead atoms. The standard InChI is InChI=1S/C20H34N4O/c1-16(15-18-5-7-19(21)8-6-18)17(2)23-10-3-4-13-24-14-12-22-11-9-20(24)25/h5-8,16-17,22-23H,3-4,9-15,21H2,1-2H3. The number of nitrogens with one attached hydrogen (secondary N) is 2. The third-order valence-corrected chi connectivity index (χ3v) is 5.14. The summed E-state index contributed by atoms with van der Waals surface area (Å²) in [6, 6.07) is 8.65. The van der Waals surface area contributed by atoms with E-state index in [1.54, 1.807) is 0 Å². The number of hydrogen-bond donors (Lipinski definition) is 3. The number of rotatable bonds is 9. The van der Waals surface area contributed by atoms with Crippen LogP contribution in [0.15, 0.2) is 24.3 Å². The van der Waals surface area contributed by atoms with Gasteiger partial charge in [0, 0.05) is 44.3 Å². The molecule has 2 atom stereocenters. The fraction of sp³-hybridized carbons (Fsp3) is 0.650. The molecule has 1 aromatic carbocycles. The molecule has 4 N–H and O–H groups in total. The number of carbonyl (C=O) groups excluding carboxylic acids is 1. The zero-order chi connectivity index (χ0) is 18.1. The normalized spacial score (nSPS) is 18.0. The van der Waals surface area contributed by atoms with E-state index in [4.69, 9.17) is 5.73 Å². The van der Waals surface area contributed by atoms with Gasteiger partial charge in [-0.2, -0.15) is 0 Å². The van der Waals surface area contributed by atoms with Crippen LogP contribution in [-0.2, 0) is 11.2 Å². The highest BCUT2D eigenvalue weighted by molar-refractivity contribution is 5.76. The minimum Gasteiger partial charge on any atom is -0.399 e. The lowest BCUT2D eigenvalue weighted by Gasteiger charge is -2.23. The average Bonchev–Trinajstić information content (AvgIpc) is 2.81. The van der Waals surface area contributed by atoms with Crippen LogP contribution in [0, 0.1) is 5.92 Å². The fourth-order valence-electron chi connectivity index (χ4n) is 3.21. The van der Waals surface area contributed by atoms with Crippen molar-refractivity contribution < 1.29 is 4.79 Å². The first-order valence-electron chi connectivity index (χ1n) is 9.62. The van der Waals surface area contributed by atoms with Gasteiger partial charge in [-0.25, -0.2) is 0 Å². The zero-order valence-electron chi connectivity index (χ0n) is 15.8. The van der Waals surface area contributed by atoms with Crippen molar-refractivity contribution in [2.75, 3.05) is 38.5 Å². The Morgan fingerprint density at radius 3 is 2.72 bits per heavy atom. The molecular weight excluding hydrogens is 312 g/mol. The van der Waals surface area contributed by atoms with E-state index in [1.165, 1.54) is 5.56 Å². The van der Waals surface area contributed by atoms with Crippen molar-refractivity contribution in [3.05, 3.63) is 29.8 Å². The van der Waals surface area contributed by atoms with Crippen LogP contribution in [0.3, 0.4) is 0 Å². The van der Waals surface area contributed by atoms with Gasteiger partial charge in [0.2, 0.25) is 5.91 Å². The van der Waals surface area contributed by atoms with Crippen molar-refractivity contribution in [1.29, 1.82) is 0 Å². The summed E-state index contributed by atoms with van der Waals surface area (Å²) < 4.78 is 0. The predicted octanol–water partition coefficient (Wildman–Crippen LogP) is 2.03. The number of unbranched alkanes of at least 4 members (excludes halogenated alkanes) is 1. The molecule has 2 rings (SSSR count). The van der Waals surface area contributed by atoms with Crippen LogP contribution in [-0.4, -0.2) is 49.6 Å². The molecule has 0 spiro atoms. The molecule has 1 saturated heterocycles. The Balaban J connectivity index is 1.60. The highest BCUT2D eigenvalue weighted by atomic mass is 16.2. The minimum absolute atomic E-state index is 0.295. The van der Waals surface area contributed by atoms with Crippen LogP contribution in [0.1, 0.15) is 38.7 Å². The lowest BCUT2D eigenvalue weighted by atomic mass is 9.95. The Morgan fingerprint density at radius 1 is 1.20 bits per heavy atom. The third-order valence-electron chi connectivity index (χ3n) is 5.14. The van der Waals surface area contributed by atoms with E-state index in [0.717, 1.165) is 57.7 Å². The number of amides is 1. The summed E-state index contributed by atoms with van der Waals surface area (Å²) >= 11 is 0. The van der Waals surface area contributed by atoms with Crippen LogP contribution < -0.4 is 16.4 Å². The topological polar surface area (TPSA) is 70.4 Å². The number of carbonyl (C=O) groups is 1. The van der Waals surface area contributed by atoms with Crippen LogP contribution in [0.5, 0.6) is 0 Å². The molecule has 2 unspecified atom stereocenters. The maximum absolute atomic E-state index is 11.9. The highest BCUT2D eigenvalue weighted by Gasteiger charge is 2.16. The molecule has 1 aliphatic rings. The molecule has 0 radical (unpaired) electrons. The summed E-state index contributed by atoms with van der Waals surface area (Å²) in [6.07, 6.45) is 3.87. The second-order valence-corrected chi connectivity index (χ2v) is 7.25. The van der Waals surface area contributed by atoms with E-state index in [2.05, 4.69) is 36.6 Å². The van der Waals surface area contributed by atoms with E-state index in [0.29, 0.717) is 24.3 Å². The van der Waals surface area contributed by atoms with Crippen molar-refractivity contribution >= 4 is 11.6 Å². The smallest absolute Gasteiger partial charge is 0.223 e. The third kappa shape index (κ3) is 7.04. The summed E-state index contributed by atoms with van der Waals surface area (Å²) in [5.41, 5.74) is 7.90. The lowest BCUT2D eigenvalue weighted by molar-refractivity contribution is -0.130. The average molecular weight is 347 g/mol. The maximum atomic E-state index is 11.9. The quantitative estimate of drug-likeness (QED) is 0.473. The van der Waals surface area contributed by atoms with Crippen LogP contribution in [0.2, 0.25) is 0 Å². The number of benzene rings is 1. The molecule has 140 valence electrons. The van der Waals surface area contributed by atoms with Crippen LogP contribution in [0.25, 0.3) is 0 Å². The number of nitrogens with zero attached hydrogens (tertiary/aromatic N) is 1. The van der Waals surface area contributed by atoms with Gasteiger partial charge in [-0.15, -0.1) is 0 Å². The Kier molecular flexibility index (Phi) is 8.22. The van der Waals surface area contributed by atoms with E-state index < -0.39 is 0 Å². The van der Waals surface area contributed by atoms with Gasteiger partial charge in [0.15, 0.2) is 0 Å². The van der Waals surface area contributed by atoms with E-state index in [-0.39, 0.29) is 0 Å². The van der Waals surface area contributed by atoms with Crippen molar-refractivity contribution in [3.8, 4) is 0 Å². The van der Waals surface area contributed by atoms with Crippen LogP contribution >= 0.6 is 0 Å². The lowest BCUT2D eigenvalue weighted by Crippen LogP contribution is -2.35. The van der Waals surface area contributed by atoms with Crippen molar-refractivity contribution in [3.63, 3.8) is 0 Å². The molecule has 1 fully saturated rings. The van der Waals surface area contributed by atoms with Gasteiger partial charge in [-0.3, -0.25) is 4.79 Å². The summed E-state index contributed by atoms with van der Waals surface area (Å²) in [7, 11) is 0. The van der Waals surface area contributed by atoms with E-state index in [9.17, 15) is 4.79 Å². The second-order valence-electron chi connectivity index (χ2n) is 7.25. The number of nitrogens with two attached hydrogens (primary N) is 1. The van der Waals surface area contributed by atoms with Crippen molar-refractivity contribution in [2.24, 2.45) is 5.92 Å². The number of anilines is 1. The highest BCUT2D eigenvalue weighted by Crippen LogP contribution is 2.14. The van der Waals surface area contributed by atoms with Gasteiger partial charge < -0.3 is 21.3 Å². The molecule has 1 aromatic rings. The Hall–Kier alpha value is -1.59. The number of hydrogen-bond acceptors (Lipinski definition) is 4. The van der Waals surface area contributed by atoms with Crippen LogP contribution in [0.4, 0.5) is 5.69 Å². The molecule has 0 aromatic heterocycles. The van der Waals surface area contributed by atoms with E-state index in [1.807, 2.05) is 17.0 Å². The van der Waals surface area contributed by atoms with Gasteiger partial charge in [0.05, 0.1) is 0 Å². The van der Waals surface area contributed by atoms with Gasteiger partial charge in [-0.1, -0.05) is 19.1 Å². The van der Waals surface area contributed by atoms with Crippen molar-refractivity contribution in [1.82, 2.24) is 15.5 Å². The van der Waals surface area contributed by atoms with Gasteiger partial charge in [0.1, 0.15) is 0 Å². The molecule has 1 amide bonds. The SMILES string of the molecule is CC(Cc1ccc(N)cc1)C(C)NCCCCN1CCNCCC1=O. The predicted molar refractivity (Wildman–Crippen MR) is 104 cm³/mol. The molecular formula is C20H34N4O. The molecule has 0 saturated carbocycles. The van der Waals surface area contributed by atoms with Crippen molar-refractivity contribution in [2.45, 2.75) is 45.6 Å². The first kappa shape index (κ1) is 19.7. The summed E-state index contributed by atoms with van der Waals surface area (Å²) in [4.78, 5) is 13.9. The molecule has 0 aliphatic carbocycles. The zero-order valence-corrected chi connectivity index (χ0v) is 15.8. The minimum atomic E-state index is 0.295. The first-order chi connectivity index (χ1) is 12.1. The largest absolute Gasteiger partial charge is 0.399 e. The molecule has 25 heavy (non-hydrogen) atoms. The second kappa shape index (κ2) is 10.4. The molecule has 1 aliphatic heterocycles. The number of nitrogen functional groups attached to an aromatic ring is 1. The van der Waals surface area contributed by atoms with E-state index >= 15 is 0 Å². The monoisotopic (exact) mass is 346 g/mol. The molecule has 5 heteroatoms. The Morgan fingerprint density at radius 2 is 1.96 bits per heavy atom. The summed E-state index contributed by atoms with van der Waals surface area (Å²) in [6.45, 7) is 9.03. The first-order valence-corrected chi connectivity index (χ1v) is 9.62. The van der Waals surface area contributed by atoms with Gasteiger partial charge in [0.25, 0.3) is 0 Å². The Labute approximate surface area is 152 Å². The summed E-state index contributed by atoms with van der Waals surface area (Å²) in [5, 5.41) is 6.91. The Bertz CT molecular complexity index is 517. The molecule has 1 heterocycles. The van der Waals surface area contributed by atoms with Gasteiger partial charge >= 0.3 is 0 Å².